The summed E-state index contributed by atoms with van der Waals surface area (Å²) >= 11 is 5.82. The van der Waals surface area contributed by atoms with Crippen molar-refractivity contribution in [2.45, 2.75) is 58.4 Å². The van der Waals surface area contributed by atoms with Crippen LogP contribution in [0.15, 0.2) is 18.2 Å². The smallest absolute Gasteiger partial charge is 0.141 e. The molecule has 1 rings (SSSR count). The molecule has 0 aliphatic carbocycles. The highest BCUT2D eigenvalue weighted by Crippen LogP contribution is 2.18. The molecule has 0 saturated heterocycles. The minimum atomic E-state index is -0.339. The van der Waals surface area contributed by atoms with Crippen LogP contribution < -0.4 is 5.32 Å². The van der Waals surface area contributed by atoms with Crippen molar-refractivity contribution < 1.29 is 4.39 Å². The molecule has 3 heteroatoms. The van der Waals surface area contributed by atoms with Crippen LogP contribution in [0.2, 0.25) is 5.02 Å². The lowest BCUT2D eigenvalue weighted by molar-refractivity contribution is 0.463. The first-order valence-corrected chi connectivity index (χ1v) is 7.72. The fourth-order valence-electron chi connectivity index (χ4n) is 2.33. The van der Waals surface area contributed by atoms with E-state index >= 15 is 0 Å². The summed E-state index contributed by atoms with van der Waals surface area (Å²) in [6.07, 6.45) is 7.20. The monoisotopic (exact) mass is 285 g/mol. The molecule has 108 valence electrons. The first-order chi connectivity index (χ1) is 9.17. The summed E-state index contributed by atoms with van der Waals surface area (Å²) < 4.78 is 13.1. The SMILES string of the molecule is CCCCCCC(Cc1ccc(F)c(Cl)c1)NCC. The van der Waals surface area contributed by atoms with Gasteiger partial charge in [-0.2, -0.15) is 0 Å². The minimum Gasteiger partial charge on any atom is -0.314 e. The van der Waals surface area contributed by atoms with Crippen molar-refractivity contribution in [3.8, 4) is 0 Å². The third-order valence-corrected chi connectivity index (χ3v) is 3.65. The van der Waals surface area contributed by atoms with Crippen molar-refractivity contribution in [3.05, 3.63) is 34.6 Å². The van der Waals surface area contributed by atoms with E-state index in [1.165, 1.54) is 38.2 Å². The zero-order chi connectivity index (χ0) is 14.1. The maximum Gasteiger partial charge on any atom is 0.141 e. The Morgan fingerprint density at radius 1 is 1.21 bits per heavy atom. The second-order valence-corrected chi connectivity index (χ2v) is 5.46. The van der Waals surface area contributed by atoms with E-state index in [4.69, 9.17) is 11.6 Å². The fourth-order valence-corrected chi connectivity index (χ4v) is 2.54. The Hall–Kier alpha value is -0.600. The summed E-state index contributed by atoms with van der Waals surface area (Å²) in [6.45, 7) is 5.31. The molecule has 0 radical (unpaired) electrons. The molecule has 1 unspecified atom stereocenters. The predicted molar refractivity (Wildman–Crippen MR) is 81.3 cm³/mol. The molecule has 0 aliphatic rings. The fraction of sp³-hybridized carbons (Fsp3) is 0.625. The molecule has 0 aromatic heterocycles. The predicted octanol–water partition coefficient (Wildman–Crippen LogP) is 4.97. The summed E-state index contributed by atoms with van der Waals surface area (Å²) in [5, 5.41) is 3.73. The van der Waals surface area contributed by atoms with Gasteiger partial charge in [-0.3, -0.25) is 0 Å². The molecule has 0 bridgehead atoms. The first kappa shape index (κ1) is 16.5. The van der Waals surface area contributed by atoms with Gasteiger partial charge in [0.25, 0.3) is 0 Å². The number of likely N-dealkylation sites (N-methyl/N-ethyl adjacent to an activating group) is 1. The average Bonchev–Trinajstić information content (AvgIpc) is 2.39. The summed E-state index contributed by atoms with van der Waals surface area (Å²) in [4.78, 5) is 0. The van der Waals surface area contributed by atoms with Gasteiger partial charge in [0, 0.05) is 6.04 Å². The van der Waals surface area contributed by atoms with E-state index in [0.29, 0.717) is 6.04 Å². The normalized spacial score (nSPS) is 12.6. The van der Waals surface area contributed by atoms with Crippen LogP contribution in [0.5, 0.6) is 0 Å². The lowest BCUT2D eigenvalue weighted by Crippen LogP contribution is -2.30. The zero-order valence-corrected chi connectivity index (χ0v) is 12.8. The maximum atomic E-state index is 13.1. The van der Waals surface area contributed by atoms with Crippen molar-refractivity contribution in [1.82, 2.24) is 5.32 Å². The molecule has 1 aromatic carbocycles. The van der Waals surface area contributed by atoms with Crippen LogP contribution in [0.4, 0.5) is 4.39 Å². The first-order valence-electron chi connectivity index (χ1n) is 7.34. The van der Waals surface area contributed by atoms with Crippen LogP contribution in [-0.2, 0) is 6.42 Å². The molecule has 0 spiro atoms. The number of rotatable bonds is 9. The second-order valence-electron chi connectivity index (χ2n) is 5.06. The molecule has 1 atom stereocenters. The van der Waals surface area contributed by atoms with Crippen molar-refractivity contribution in [1.29, 1.82) is 0 Å². The molecule has 1 N–H and O–H groups in total. The van der Waals surface area contributed by atoms with E-state index in [-0.39, 0.29) is 10.8 Å². The highest BCUT2D eigenvalue weighted by molar-refractivity contribution is 6.30. The largest absolute Gasteiger partial charge is 0.314 e. The summed E-state index contributed by atoms with van der Waals surface area (Å²) in [5.41, 5.74) is 1.10. The molecular weight excluding hydrogens is 261 g/mol. The average molecular weight is 286 g/mol. The number of unbranched alkanes of at least 4 members (excludes halogenated alkanes) is 3. The van der Waals surface area contributed by atoms with E-state index in [9.17, 15) is 4.39 Å². The number of hydrogen-bond acceptors (Lipinski definition) is 1. The van der Waals surface area contributed by atoms with Crippen LogP contribution in [0.3, 0.4) is 0 Å². The number of nitrogens with one attached hydrogen (secondary N) is 1. The second kappa shape index (κ2) is 9.33. The van der Waals surface area contributed by atoms with Gasteiger partial charge in [-0.15, -0.1) is 0 Å². The van der Waals surface area contributed by atoms with E-state index in [1.807, 2.05) is 6.07 Å². The third kappa shape index (κ3) is 6.40. The van der Waals surface area contributed by atoms with Crippen LogP contribution in [0.25, 0.3) is 0 Å². The Balaban J connectivity index is 2.49. The Morgan fingerprint density at radius 3 is 2.63 bits per heavy atom. The molecule has 1 aromatic rings. The van der Waals surface area contributed by atoms with Crippen molar-refractivity contribution in [2.24, 2.45) is 0 Å². The Kier molecular flexibility index (Phi) is 8.08. The van der Waals surface area contributed by atoms with Gasteiger partial charge in [0.15, 0.2) is 0 Å². The molecule has 1 nitrogen and oxygen atoms in total. The molecule has 0 aliphatic heterocycles. The van der Waals surface area contributed by atoms with Gasteiger partial charge in [-0.25, -0.2) is 4.39 Å². The summed E-state index contributed by atoms with van der Waals surface area (Å²) in [7, 11) is 0. The van der Waals surface area contributed by atoms with Gasteiger partial charge in [0.1, 0.15) is 5.82 Å². The van der Waals surface area contributed by atoms with Crippen LogP contribution in [0, 0.1) is 5.82 Å². The zero-order valence-electron chi connectivity index (χ0n) is 12.0. The van der Waals surface area contributed by atoms with Gasteiger partial charge in [0.05, 0.1) is 5.02 Å². The van der Waals surface area contributed by atoms with Gasteiger partial charge >= 0.3 is 0 Å². The lowest BCUT2D eigenvalue weighted by atomic mass is 10.00. The van der Waals surface area contributed by atoms with Crippen molar-refractivity contribution in [3.63, 3.8) is 0 Å². The Morgan fingerprint density at radius 2 is 2.00 bits per heavy atom. The van der Waals surface area contributed by atoms with Gasteiger partial charge in [-0.1, -0.05) is 57.2 Å². The molecule has 0 fully saturated rings. The van der Waals surface area contributed by atoms with E-state index in [1.54, 1.807) is 6.07 Å². The van der Waals surface area contributed by atoms with Crippen LogP contribution in [-0.4, -0.2) is 12.6 Å². The highest BCUT2D eigenvalue weighted by atomic mass is 35.5. The number of halogens is 2. The number of hydrogen-bond donors (Lipinski definition) is 1. The molecular formula is C16H25ClFN. The molecule has 0 amide bonds. The van der Waals surface area contributed by atoms with Crippen LogP contribution >= 0.6 is 11.6 Å². The lowest BCUT2D eigenvalue weighted by Gasteiger charge is -2.18. The van der Waals surface area contributed by atoms with Gasteiger partial charge in [-0.05, 0) is 37.1 Å². The van der Waals surface area contributed by atoms with Gasteiger partial charge < -0.3 is 5.32 Å². The number of benzene rings is 1. The van der Waals surface area contributed by atoms with Gasteiger partial charge in [0.2, 0.25) is 0 Å². The Labute approximate surface area is 121 Å². The standard InChI is InChI=1S/C16H25ClFN/c1-3-5-6-7-8-14(19-4-2)11-13-9-10-16(18)15(17)12-13/h9-10,12,14,19H,3-8,11H2,1-2H3. The topological polar surface area (TPSA) is 12.0 Å². The Bertz CT molecular complexity index is 368. The minimum absolute atomic E-state index is 0.221. The van der Waals surface area contributed by atoms with E-state index < -0.39 is 0 Å². The quantitative estimate of drug-likeness (QED) is 0.632. The molecule has 0 saturated carbocycles. The van der Waals surface area contributed by atoms with E-state index in [0.717, 1.165) is 18.5 Å². The molecule has 0 heterocycles. The third-order valence-electron chi connectivity index (χ3n) is 3.37. The van der Waals surface area contributed by atoms with Crippen molar-refractivity contribution >= 4 is 11.6 Å². The summed E-state index contributed by atoms with van der Waals surface area (Å²) in [5.74, 6) is -0.339. The maximum absolute atomic E-state index is 13.1. The summed E-state index contributed by atoms with van der Waals surface area (Å²) in [6, 6.07) is 5.49. The van der Waals surface area contributed by atoms with E-state index in [2.05, 4.69) is 19.2 Å². The van der Waals surface area contributed by atoms with Crippen LogP contribution in [0.1, 0.15) is 51.5 Å². The molecule has 19 heavy (non-hydrogen) atoms. The van der Waals surface area contributed by atoms with Crippen molar-refractivity contribution in [2.75, 3.05) is 6.54 Å². The highest BCUT2D eigenvalue weighted by Gasteiger charge is 2.09.